The van der Waals surface area contributed by atoms with E-state index in [-0.39, 0.29) is 5.92 Å². The first-order valence-electron chi connectivity index (χ1n) is 3.99. The van der Waals surface area contributed by atoms with Crippen LogP contribution in [0.2, 0.25) is 0 Å². The van der Waals surface area contributed by atoms with Crippen molar-refractivity contribution in [2.24, 2.45) is 5.92 Å². The fourth-order valence-corrected chi connectivity index (χ4v) is 0.647. The summed E-state index contributed by atoms with van der Waals surface area (Å²) in [7, 11) is 0. The summed E-state index contributed by atoms with van der Waals surface area (Å²) in [5.41, 5.74) is 0. The summed E-state index contributed by atoms with van der Waals surface area (Å²) in [6, 6.07) is 0. The summed E-state index contributed by atoms with van der Waals surface area (Å²) < 4.78 is 12.7. The number of halogens is 1. The highest BCUT2D eigenvalue weighted by atomic mass is 19.1. The monoisotopic (exact) mass is 158 g/mol. The minimum absolute atomic E-state index is 0.233. The van der Waals surface area contributed by atoms with Crippen LogP contribution in [0.4, 0.5) is 4.39 Å². The molecule has 64 valence electrons. The maximum atomic E-state index is 12.7. The van der Waals surface area contributed by atoms with Crippen LogP contribution >= 0.6 is 0 Å². The molecule has 0 bridgehead atoms. The number of ketones is 1. The fourth-order valence-electron chi connectivity index (χ4n) is 0.647. The molecule has 0 atom stereocenters. The van der Waals surface area contributed by atoms with Gasteiger partial charge in [-0.25, -0.2) is 4.39 Å². The molecule has 0 fully saturated rings. The predicted octanol–water partition coefficient (Wildman–Crippen LogP) is 2.87. The van der Waals surface area contributed by atoms with E-state index in [4.69, 9.17) is 0 Å². The topological polar surface area (TPSA) is 17.1 Å². The molecule has 0 aliphatic rings. The van der Waals surface area contributed by atoms with Crippen LogP contribution in [0.1, 0.15) is 33.6 Å². The quantitative estimate of drug-likeness (QED) is 0.575. The molecule has 0 N–H and O–H groups in total. The Balaban J connectivity index is 4.01. The first-order valence-corrected chi connectivity index (χ1v) is 3.99. The summed E-state index contributed by atoms with van der Waals surface area (Å²) in [5.74, 6) is -1.21. The van der Waals surface area contributed by atoms with Gasteiger partial charge in [-0.3, -0.25) is 4.79 Å². The van der Waals surface area contributed by atoms with Crippen molar-refractivity contribution in [3.8, 4) is 0 Å². The van der Waals surface area contributed by atoms with Gasteiger partial charge in [0.15, 0.2) is 11.6 Å². The number of hydrogen-bond donors (Lipinski definition) is 0. The Morgan fingerprint density at radius 3 is 2.45 bits per heavy atom. The van der Waals surface area contributed by atoms with Crippen LogP contribution in [0.25, 0.3) is 0 Å². The van der Waals surface area contributed by atoms with Gasteiger partial charge in [-0.2, -0.15) is 0 Å². The molecule has 0 spiro atoms. The molecule has 0 aromatic rings. The van der Waals surface area contributed by atoms with E-state index in [1.807, 2.05) is 6.92 Å². The van der Waals surface area contributed by atoms with Crippen molar-refractivity contribution < 1.29 is 9.18 Å². The Morgan fingerprint density at radius 1 is 1.55 bits per heavy atom. The molecular formula is C9H15FO. The normalized spacial score (nSPS) is 12.3. The molecular weight excluding hydrogens is 143 g/mol. The Bertz CT molecular complexity index is 159. The molecule has 0 heterocycles. The molecule has 2 heteroatoms. The largest absolute Gasteiger partial charge is 0.291 e. The highest BCUT2D eigenvalue weighted by Crippen LogP contribution is 2.08. The van der Waals surface area contributed by atoms with Crippen LogP contribution in [0, 0.1) is 5.92 Å². The zero-order chi connectivity index (χ0) is 8.85. The van der Waals surface area contributed by atoms with E-state index >= 15 is 0 Å². The average molecular weight is 158 g/mol. The third-order valence-electron chi connectivity index (χ3n) is 1.37. The maximum Gasteiger partial charge on any atom is 0.193 e. The number of rotatable bonds is 4. The number of hydrogen-bond acceptors (Lipinski definition) is 1. The van der Waals surface area contributed by atoms with E-state index in [0.717, 1.165) is 6.42 Å². The molecule has 0 radical (unpaired) electrons. The average Bonchev–Trinajstić information content (AvgIpc) is 1.98. The van der Waals surface area contributed by atoms with Crippen LogP contribution in [0.3, 0.4) is 0 Å². The summed E-state index contributed by atoms with van der Waals surface area (Å²) in [5, 5.41) is 0. The van der Waals surface area contributed by atoms with Gasteiger partial charge < -0.3 is 0 Å². The number of carbonyl (C=O) groups is 1. The van der Waals surface area contributed by atoms with Gasteiger partial charge >= 0.3 is 0 Å². The van der Waals surface area contributed by atoms with E-state index in [0.29, 0.717) is 6.42 Å². The number of carbonyl (C=O) groups excluding carboxylic acids is 1. The third kappa shape index (κ3) is 3.91. The van der Waals surface area contributed by atoms with Gasteiger partial charge in [0.2, 0.25) is 0 Å². The van der Waals surface area contributed by atoms with E-state index in [2.05, 4.69) is 0 Å². The Hall–Kier alpha value is -0.660. The molecule has 0 saturated heterocycles. The van der Waals surface area contributed by atoms with Gasteiger partial charge in [0, 0.05) is 5.92 Å². The molecule has 0 aliphatic heterocycles. The lowest BCUT2D eigenvalue weighted by Gasteiger charge is -1.99. The van der Waals surface area contributed by atoms with Gasteiger partial charge in [0.05, 0.1) is 0 Å². The van der Waals surface area contributed by atoms with Crippen LogP contribution in [-0.4, -0.2) is 5.78 Å². The van der Waals surface area contributed by atoms with Crippen LogP contribution in [-0.2, 0) is 4.79 Å². The lowest BCUT2D eigenvalue weighted by molar-refractivity contribution is -0.119. The molecule has 11 heavy (non-hydrogen) atoms. The lowest BCUT2D eigenvalue weighted by Crippen LogP contribution is -2.06. The molecule has 1 nitrogen and oxygen atoms in total. The molecule has 0 aliphatic carbocycles. The minimum Gasteiger partial charge on any atom is -0.291 e. The number of Topliss-reactive ketones (excluding diaryl/α,β-unsaturated/α-hetero) is 1. The van der Waals surface area contributed by atoms with Crippen LogP contribution in [0.15, 0.2) is 11.9 Å². The summed E-state index contributed by atoms with van der Waals surface area (Å²) in [6.07, 6.45) is 2.88. The van der Waals surface area contributed by atoms with E-state index in [1.54, 1.807) is 13.8 Å². The van der Waals surface area contributed by atoms with Gasteiger partial charge in [0.25, 0.3) is 0 Å². The van der Waals surface area contributed by atoms with E-state index in [9.17, 15) is 9.18 Å². The van der Waals surface area contributed by atoms with Crippen molar-refractivity contribution in [3.05, 3.63) is 11.9 Å². The fraction of sp³-hybridized carbons (Fsp3) is 0.667. The first-order chi connectivity index (χ1) is 5.09. The van der Waals surface area contributed by atoms with Crippen LogP contribution in [0.5, 0.6) is 0 Å². The molecule has 0 aromatic carbocycles. The number of allylic oxidation sites excluding steroid dienone is 2. The van der Waals surface area contributed by atoms with Gasteiger partial charge in [-0.05, 0) is 12.5 Å². The van der Waals surface area contributed by atoms with E-state index in [1.165, 1.54) is 6.08 Å². The first kappa shape index (κ1) is 10.3. The molecule has 0 saturated carbocycles. The van der Waals surface area contributed by atoms with Crippen molar-refractivity contribution >= 4 is 5.78 Å². The van der Waals surface area contributed by atoms with Crippen LogP contribution < -0.4 is 0 Å². The zero-order valence-electron chi connectivity index (χ0n) is 7.36. The SMILES string of the molecule is CCC/C=C(\F)C(=O)C(C)C. The Labute approximate surface area is 67.3 Å². The Morgan fingerprint density at radius 2 is 2.09 bits per heavy atom. The summed E-state index contributed by atoms with van der Waals surface area (Å²) >= 11 is 0. The second-order valence-electron chi connectivity index (χ2n) is 2.86. The highest BCUT2D eigenvalue weighted by molar-refractivity contribution is 5.94. The van der Waals surface area contributed by atoms with Crippen molar-refractivity contribution in [1.82, 2.24) is 0 Å². The standard InChI is InChI=1S/C9H15FO/c1-4-5-6-8(10)9(11)7(2)3/h6-7H,4-5H2,1-3H3/b8-6-. The zero-order valence-corrected chi connectivity index (χ0v) is 7.36. The van der Waals surface area contributed by atoms with Gasteiger partial charge in [0.1, 0.15) is 0 Å². The lowest BCUT2D eigenvalue weighted by atomic mass is 10.1. The summed E-state index contributed by atoms with van der Waals surface area (Å²) in [4.78, 5) is 10.9. The van der Waals surface area contributed by atoms with Crippen molar-refractivity contribution in [1.29, 1.82) is 0 Å². The number of unbranched alkanes of at least 4 members (excludes halogenated alkanes) is 1. The van der Waals surface area contributed by atoms with Crippen molar-refractivity contribution in [3.63, 3.8) is 0 Å². The van der Waals surface area contributed by atoms with Gasteiger partial charge in [-0.15, -0.1) is 0 Å². The predicted molar refractivity (Wildman–Crippen MR) is 43.9 cm³/mol. The molecule has 0 amide bonds. The van der Waals surface area contributed by atoms with Gasteiger partial charge in [-0.1, -0.05) is 27.2 Å². The molecule has 0 aromatic heterocycles. The summed E-state index contributed by atoms with van der Waals surface area (Å²) in [6.45, 7) is 5.34. The smallest absolute Gasteiger partial charge is 0.193 e. The Kier molecular flexibility index (Phi) is 4.75. The minimum atomic E-state index is -0.582. The van der Waals surface area contributed by atoms with E-state index < -0.39 is 11.6 Å². The third-order valence-corrected chi connectivity index (χ3v) is 1.37. The molecule has 0 rings (SSSR count). The van der Waals surface area contributed by atoms with Crippen molar-refractivity contribution in [2.45, 2.75) is 33.6 Å². The molecule has 0 unspecified atom stereocenters. The highest BCUT2D eigenvalue weighted by Gasteiger charge is 2.11. The van der Waals surface area contributed by atoms with Crippen molar-refractivity contribution in [2.75, 3.05) is 0 Å². The second-order valence-corrected chi connectivity index (χ2v) is 2.86. The second kappa shape index (κ2) is 5.05. The maximum absolute atomic E-state index is 12.7.